The van der Waals surface area contributed by atoms with Crippen LogP contribution < -0.4 is 4.90 Å². The summed E-state index contributed by atoms with van der Waals surface area (Å²) in [7, 11) is 0. The minimum absolute atomic E-state index is 0.0613. The number of phenolic OH excluding ortho intramolecular Hbond substituents is 1. The Morgan fingerprint density at radius 3 is 2.41 bits per heavy atom. The average Bonchev–Trinajstić information content (AvgIpc) is 3.13. The Balaban J connectivity index is 1.50. The average molecular weight is 514 g/mol. The highest BCUT2D eigenvalue weighted by Gasteiger charge is 2.56. The van der Waals surface area contributed by atoms with Crippen LogP contribution in [-0.2, 0) is 19.2 Å². The van der Waals surface area contributed by atoms with E-state index in [-0.39, 0.29) is 35.6 Å². The van der Waals surface area contributed by atoms with Crippen molar-refractivity contribution in [3.63, 3.8) is 0 Å². The molecular weight excluding hydrogens is 490 g/mol. The molecule has 3 aliphatic carbocycles. The van der Waals surface area contributed by atoms with E-state index < -0.39 is 23.7 Å². The second-order valence-corrected chi connectivity index (χ2v) is 10.7. The van der Waals surface area contributed by atoms with Crippen LogP contribution in [-0.4, -0.2) is 28.5 Å². The minimum atomic E-state index is -0.666. The topological polar surface area (TPSA) is 91.8 Å². The summed E-state index contributed by atoms with van der Waals surface area (Å²) in [5.74, 6) is -3.34. The third kappa shape index (κ3) is 3.39. The number of nitrogens with zero attached hydrogens (tertiary/aromatic N) is 1. The van der Waals surface area contributed by atoms with Gasteiger partial charge in [-0.25, -0.2) is 0 Å². The van der Waals surface area contributed by atoms with Gasteiger partial charge in [-0.2, -0.15) is 0 Å². The van der Waals surface area contributed by atoms with Gasteiger partial charge in [0.15, 0.2) is 11.6 Å². The maximum atomic E-state index is 13.8. The van der Waals surface area contributed by atoms with Gasteiger partial charge < -0.3 is 5.11 Å². The number of phenols is 1. The molecule has 0 spiro atoms. The zero-order valence-corrected chi connectivity index (χ0v) is 21.1. The van der Waals surface area contributed by atoms with Crippen molar-refractivity contribution in [3.05, 3.63) is 93.1 Å². The highest BCUT2D eigenvalue weighted by Crippen LogP contribution is 2.56. The fourth-order valence-electron chi connectivity index (χ4n) is 6.50. The van der Waals surface area contributed by atoms with Crippen LogP contribution in [0, 0.1) is 24.7 Å². The van der Waals surface area contributed by atoms with Crippen LogP contribution >= 0.6 is 11.6 Å². The number of Topliss-reactive ketones (excluding diaryl/α,β-unsaturated/α-hetero) is 1. The highest BCUT2D eigenvalue weighted by atomic mass is 35.5. The first-order chi connectivity index (χ1) is 17.7. The Hall–Kier alpha value is -3.77. The number of hydrogen-bond donors (Lipinski definition) is 1. The number of anilines is 1. The Bertz CT molecular complexity index is 1510. The van der Waals surface area contributed by atoms with Crippen LogP contribution in [0.4, 0.5) is 5.69 Å². The van der Waals surface area contributed by atoms with E-state index in [0.717, 1.165) is 5.57 Å². The number of halogens is 1. The molecule has 4 atom stereocenters. The Labute approximate surface area is 218 Å². The van der Waals surface area contributed by atoms with Crippen molar-refractivity contribution < 1.29 is 24.3 Å². The Morgan fingerprint density at radius 2 is 1.68 bits per heavy atom. The lowest BCUT2D eigenvalue weighted by molar-refractivity contribution is -0.123. The third-order valence-corrected chi connectivity index (χ3v) is 8.48. The molecule has 4 unspecified atom stereocenters. The van der Waals surface area contributed by atoms with E-state index in [9.17, 15) is 24.3 Å². The summed E-state index contributed by atoms with van der Waals surface area (Å²) in [5, 5.41) is 11.5. The monoisotopic (exact) mass is 513 g/mol. The van der Waals surface area contributed by atoms with Gasteiger partial charge in [0.2, 0.25) is 11.8 Å². The van der Waals surface area contributed by atoms with Crippen LogP contribution in [0.15, 0.2) is 76.9 Å². The molecule has 2 aromatic rings. The molecule has 4 aliphatic rings. The molecule has 7 heteroatoms. The van der Waals surface area contributed by atoms with Crippen molar-refractivity contribution in [2.45, 2.75) is 32.6 Å². The lowest BCUT2D eigenvalue weighted by Gasteiger charge is -2.42. The Kier molecular flexibility index (Phi) is 5.35. The summed E-state index contributed by atoms with van der Waals surface area (Å²) in [6.07, 6.45) is 3.85. The normalized spacial score (nSPS) is 27.1. The van der Waals surface area contributed by atoms with Crippen LogP contribution in [0.1, 0.15) is 36.8 Å². The first-order valence-corrected chi connectivity index (χ1v) is 12.7. The predicted molar refractivity (Wildman–Crippen MR) is 138 cm³/mol. The summed E-state index contributed by atoms with van der Waals surface area (Å²) in [4.78, 5) is 55.2. The van der Waals surface area contributed by atoms with E-state index >= 15 is 0 Å². The molecule has 0 radical (unpaired) electrons. The lowest BCUT2D eigenvalue weighted by atomic mass is 9.59. The van der Waals surface area contributed by atoms with Crippen molar-refractivity contribution in [1.82, 2.24) is 0 Å². The standard InChI is InChI=1S/C30H24ClNO5/c1-14-4-3-5-19(27(14)34)24-18-10-11-20-25(21(18)13-22-26(24)23(33)12-15(2)28(22)35)30(37)32(29(20)36)17-8-6-16(31)7-9-17/h3-10,12,20-21,24-25,34H,11,13H2,1-2H3. The van der Waals surface area contributed by atoms with E-state index in [1.54, 1.807) is 50.2 Å². The number of aryl methyl sites for hydroxylation is 1. The summed E-state index contributed by atoms with van der Waals surface area (Å²) >= 11 is 6.02. The van der Waals surface area contributed by atoms with Crippen molar-refractivity contribution in [2.24, 2.45) is 17.8 Å². The largest absolute Gasteiger partial charge is 0.507 e. The molecule has 6 rings (SSSR count). The SMILES string of the molecule is CC1=CC(=O)C2=C(CC3C(=CCC4C(=O)N(c5ccc(Cl)cc5)C(=O)C43)C2c2cccc(C)c2O)C1=O. The van der Waals surface area contributed by atoms with Crippen LogP contribution in [0.25, 0.3) is 0 Å². The smallest absolute Gasteiger partial charge is 0.238 e. The predicted octanol–water partition coefficient (Wildman–Crippen LogP) is 4.99. The molecule has 6 nitrogen and oxygen atoms in total. The molecule has 1 fully saturated rings. The zero-order valence-electron chi connectivity index (χ0n) is 20.3. The molecule has 0 bridgehead atoms. The molecular formula is C30H24ClNO5. The second-order valence-electron chi connectivity index (χ2n) is 10.2. The van der Waals surface area contributed by atoms with Gasteiger partial charge in [0.05, 0.1) is 17.5 Å². The molecule has 2 amide bonds. The van der Waals surface area contributed by atoms with Gasteiger partial charge in [0.25, 0.3) is 0 Å². The molecule has 186 valence electrons. The number of para-hydroxylation sites is 1. The number of aromatic hydroxyl groups is 1. The second kappa shape index (κ2) is 8.38. The number of ketones is 2. The summed E-state index contributed by atoms with van der Waals surface area (Å²) in [6.45, 7) is 3.39. The van der Waals surface area contributed by atoms with Crippen LogP contribution in [0.2, 0.25) is 5.02 Å². The van der Waals surface area contributed by atoms with E-state index in [2.05, 4.69) is 0 Å². The fraction of sp³-hybridized carbons (Fsp3) is 0.267. The number of rotatable bonds is 2. The van der Waals surface area contributed by atoms with Gasteiger partial charge in [-0.1, -0.05) is 41.4 Å². The first-order valence-electron chi connectivity index (χ1n) is 12.3. The zero-order chi connectivity index (χ0) is 26.2. The number of carbonyl (C=O) groups excluding carboxylic acids is 4. The lowest BCUT2D eigenvalue weighted by Crippen LogP contribution is -2.39. The number of allylic oxidation sites excluding steroid dienone is 6. The van der Waals surface area contributed by atoms with Crippen LogP contribution in [0.3, 0.4) is 0 Å². The number of imide groups is 1. The maximum Gasteiger partial charge on any atom is 0.238 e. The van der Waals surface area contributed by atoms with Gasteiger partial charge in [0, 0.05) is 33.2 Å². The number of hydrogen-bond acceptors (Lipinski definition) is 5. The number of carbonyl (C=O) groups is 4. The maximum absolute atomic E-state index is 13.8. The van der Waals surface area contributed by atoms with Crippen molar-refractivity contribution in [2.75, 3.05) is 4.90 Å². The first kappa shape index (κ1) is 23.6. The summed E-state index contributed by atoms with van der Waals surface area (Å²) in [6, 6.07) is 11.9. The minimum Gasteiger partial charge on any atom is -0.507 e. The van der Waals surface area contributed by atoms with E-state index in [4.69, 9.17) is 11.6 Å². The number of benzene rings is 2. The van der Waals surface area contributed by atoms with Gasteiger partial charge in [-0.15, -0.1) is 0 Å². The number of fused-ring (bicyclic) bond motifs is 3. The molecule has 1 N–H and O–H groups in total. The van der Waals surface area contributed by atoms with Gasteiger partial charge in [0.1, 0.15) is 5.75 Å². The molecule has 0 aromatic heterocycles. The van der Waals surface area contributed by atoms with Crippen molar-refractivity contribution in [1.29, 1.82) is 0 Å². The van der Waals surface area contributed by atoms with Crippen molar-refractivity contribution >= 4 is 40.7 Å². The van der Waals surface area contributed by atoms with E-state index in [0.29, 0.717) is 45.0 Å². The Morgan fingerprint density at radius 1 is 0.946 bits per heavy atom. The fourth-order valence-corrected chi connectivity index (χ4v) is 6.62. The summed E-state index contributed by atoms with van der Waals surface area (Å²) in [5.41, 5.74) is 3.55. The van der Waals surface area contributed by atoms with Gasteiger partial charge >= 0.3 is 0 Å². The van der Waals surface area contributed by atoms with Gasteiger partial charge in [-0.05, 0) is 68.5 Å². The molecule has 0 saturated carbocycles. The third-order valence-electron chi connectivity index (χ3n) is 8.23. The molecule has 2 aromatic carbocycles. The number of amides is 2. The van der Waals surface area contributed by atoms with Crippen molar-refractivity contribution in [3.8, 4) is 5.75 Å². The van der Waals surface area contributed by atoms with Crippen LogP contribution in [0.5, 0.6) is 5.75 Å². The van der Waals surface area contributed by atoms with E-state index in [1.165, 1.54) is 11.0 Å². The van der Waals surface area contributed by atoms with Gasteiger partial charge in [-0.3, -0.25) is 24.1 Å². The van der Waals surface area contributed by atoms with E-state index in [1.807, 2.05) is 12.1 Å². The summed E-state index contributed by atoms with van der Waals surface area (Å²) < 4.78 is 0. The molecule has 1 heterocycles. The molecule has 1 saturated heterocycles. The molecule has 1 aliphatic heterocycles. The highest BCUT2D eigenvalue weighted by molar-refractivity contribution is 6.31. The molecule has 37 heavy (non-hydrogen) atoms. The quantitative estimate of drug-likeness (QED) is 0.347.